The maximum absolute atomic E-state index is 12.9. The van der Waals surface area contributed by atoms with E-state index in [0.717, 1.165) is 16.8 Å². The zero-order chi connectivity index (χ0) is 17.3. The van der Waals surface area contributed by atoms with E-state index in [1.165, 1.54) is 24.3 Å². The Labute approximate surface area is 140 Å². The van der Waals surface area contributed by atoms with Crippen molar-refractivity contribution in [3.05, 3.63) is 59.4 Å². The standard InChI is InChI=1S/C19H19FN2O2/c1-11-3-6-15(9-12(11)2)22-19(24)17-10-16(17)18(23)21-14-7-4-13(20)5-8-14/h3-9,16-17H,10H2,1-2H3,(H,21,23)(H,22,24). The third-order valence-electron chi connectivity index (χ3n) is 4.35. The molecule has 2 atom stereocenters. The summed E-state index contributed by atoms with van der Waals surface area (Å²) in [6.07, 6.45) is 0.531. The number of carbonyl (C=O) groups excluding carboxylic acids is 2. The molecule has 2 amide bonds. The quantitative estimate of drug-likeness (QED) is 0.901. The second-order valence-electron chi connectivity index (χ2n) is 6.23. The Morgan fingerprint density at radius 1 is 0.875 bits per heavy atom. The third kappa shape index (κ3) is 3.62. The summed E-state index contributed by atoms with van der Waals surface area (Å²) in [5, 5.41) is 5.57. The van der Waals surface area contributed by atoms with E-state index in [2.05, 4.69) is 10.6 Å². The van der Waals surface area contributed by atoms with Crippen molar-refractivity contribution in [2.24, 2.45) is 11.8 Å². The fraction of sp³-hybridized carbons (Fsp3) is 0.263. The first-order chi connectivity index (χ1) is 11.4. The van der Waals surface area contributed by atoms with E-state index < -0.39 is 0 Å². The van der Waals surface area contributed by atoms with Gasteiger partial charge in [-0.25, -0.2) is 4.39 Å². The van der Waals surface area contributed by atoms with Crippen LogP contribution in [0.25, 0.3) is 0 Å². The van der Waals surface area contributed by atoms with Crippen molar-refractivity contribution in [1.29, 1.82) is 0 Å². The molecule has 1 aliphatic carbocycles. The molecule has 0 heterocycles. The van der Waals surface area contributed by atoms with Gasteiger partial charge in [-0.2, -0.15) is 0 Å². The second-order valence-corrected chi connectivity index (χ2v) is 6.23. The van der Waals surface area contributed by atoms with E-state index in [-0.39, 0.29) is 29.5 Å². The first kappa shape index (κ1) is 16.2. The largest absolute Gasteiger partial charge is 0.326 e. The van der Waals surface area contributed by atoms with Crippen LogP contribution in [0.4, 0.5) is 15.8 Å². The van der Waals surface area contributed by atoms with Gasteiger partial charge in [0.05, 0.1) is 11.8 Å². The maximum Gasteiger partial charge on any atom is 0.228 e. The van der Waals surface area contributed by atoms with E-state index in [0.29, 0.717) is 12.1 Å². The molecular formula is C19H19FN2O2. The van der Waals surface area contributed by atoms with Crippen LogP contribution in [0.5, 0.6) is 0 Å². The van der Waals surface area contributed by atoms with E-state index in [1.54, 1.807) is 0 Å². The van der Waals surface area contributed by atoms with Crippen molar-refractivity contribution < 1.29 is 14.0 Å². The smallest absolute Gasteiger partial charge is 0.228 e. The number of amides is 2. The minimum absolute atomic E-state index is 0.141. The summed E-state index contributed by atoms with van der Waals surface area (Å²) in [6.45, 7) is 4.00. The Balaban J connectivity index is 1.55. The van der Waals surface area contributed by atoms with Crippen molar-refractivity contribution in [3.63, 3.8) is 0 Å². The van der Waals surface area contributed by atoms with Gasteiger partial charge in [0.1, 0.15) is 5.82 Å². The summed E-state index contributed by atoms with van der Waals surface area (Å²) in [4.78, 5) is 24.4. The van der Waals surface area contributed by atoms with E-state index in [1.807, 2.05) is 32.0 Å². The van der Waals surface area contributed by atoms with Gasteiger partial charge in [0, 0.05) is 11.4 Å². The Kier molecular flexibility index (Phi) is 4.34. The van der Waals surface area contributed by atoms with Crippen LogP contribution in [-0.2, 0) is 9.59 Å². The molecule has 5 heteroatoms. The zero-order valence-electron chi connectivity index (χ0n) is 13.6. The van der Waals surface area contributed by atoms with Crippen LogP contribution in [0, 0.1) is 31.5 Å². The topological polar surface area (TPSA) is 58.2 Å². The molecule has 0 radical (unpaired) electrons. The Hall–Kier alpha value is -2.69. The monoisotopic (exact) mass is 326 g/mol. The molecule has 0 aromatic heterocycles. The Morgan fingerprint density at radius 2 is 1.42 bits per heavy atom. The van der Waals surface area contributed by atoms with Crippen molar-refractivity contribution in [3.8, 4) is 0 Å². The molecule has 0 bridgehead atoms. The summed E-state index contributed by atoms with van der Waals surface area (Å²) in [5.74, 6) is -1.35. The lowest BCUT2D eigenvalue weighted by Crippen LogP contribution is -2.20. The molecule has 0 saturated heterocycles. The molecule has 1 saturated carbocycles. The van der Waals surface area contributed by atoms with Crippen molar-refractivity contribution in [2.45, 2.75) is 20.3 Å². The molecule has 24 heavy (non-hydrogen) atoms. The van der Waals surface area contributed by atoms with Crippen molar-refractivity contribution in [1.82, 2.24) is 0 Å². The first-order valence-corrected chi connectivity index (χ1v) is 7.88. The molecule has 4 nitrogen and oxygen atoms in total. The van der Waals surface area contributed by atoms with Gasteiger partial charge in [-0.3, -0.25) is 9.59 Å². The molecule has 2 aromatic carbocycles. The van der Waals surface area contributed by atoms with Gasteiger partial charge in [0.15, 0.2) is 0 Å². The fourth-order valence-electron chi connectivity index (χ4n) is 2.60. The summed E-state index contributed by atoms with van der Waals surface area (Å²) in [6, 6.07) is 11.3. The summed E-state index contributed by atoms with van der Waals surface area (Å²) < 4.78 is 12.9. The van der Waals surface area contributed by atoms with Crippen LogP contribution in [0.3, 0.4) is 0 Å². The molecule has 2 unspecified atom stereocenters. The fourth-order valence-corrected chi connectivity index (χ4v) is 2.60. The molecule has 0 spiro atoms. The number of benzene rings is 2. The maximum atomic E-state index is 12.9. The summed E-state index contributed by atoms with van der Waals surface area (Å²) >= 11 is 0. The number of hydrogen-bond acceptors (Lipinski definition) is 2. The predicted octanol–water partition coefficient (Wildman–Crippen LogP) is 3.66. The average Bonchev–Trinajstić information content (AvgIpc) is 3.34. The van der Waals surface area contributed by atoms with Gasteiger partial charge in [-0.1, -0.05) is 6.07 Å². The highest BCUT2D eigenvalue weighted by atomic mass is 19.1. The van der Waals surface area contributed by atoms with Gasteiger partial charge in [-0.05, 0) is 67.8 Å². The lowest BCUT2D eigenvalue weighted by Gasteiger charge is -2.08. The molecule has 124 valence electrons. The van der Waals surface area contributed by atoms with Crippen LogP contribution < -0.4 is 10.6 Å². The Bertz CT molecular complexity index is 786. The minimum Gasteiger partial charge on any atom is -0.326 e. The lowest BCUT2D eigenvalue weighted by atomic mass is 10.1. The van der Waals surface area contributed by atoms with Gasteiger partial charge < -0.3 is 10.6 Å². The number of halogens is 1. The summed E-state index contributed by atoms with van der Waals surface area (Å²) in [7, 11) is 0. The molecule has 0 aliphatic heterocycles. The van der Waals surface area contributed by atoms with Crippen LogP contribution in [0.1, 0.15) is 17.5 Å². The van der Waals surface area contributed by atoms with Crippen LogP contribution >= 0.6 is 0 Å². The van der Waals surface area contributed by atoms with E-state index >= 15 is 0 Å². The van der Waals surface area contributed by atoms with Crippen LogP contribution in [0.15, 0.2) is 42.5 Å². The van der Waals surface area contributed by atoms with Gasteiger partial charge in [0.25, 0.3) is 0 Å². The molecular weight excluding hydrogens is 307 g/mol. The highest BCUT2D eigenvalue weighted by Gasteiger charge is 2.48. The molecule has 2 N–H and O–H groups in total. The zero-order valence-corrected chi connectivity index (χ0v) is 13.6. The molecule has 1 fully saturated rings. The van der Waals surface area contributed by atoms with Gasteiger partial charge >= 0.3 is 0 Å². The van der Waals surface area contributed by atoms with Crippen LogP contribution in [-0.4, -0.2) is 11.8 Å². The van der Waals surface area contributed by atoms with Crippen molar-refractivity contribution in [2.75, 3.05) is 10.6 Å². The lowest BCUT2D eigenvalue weighted by molar-refractivity contribution is -0.122. The molecule has 3 rings (SSSR count). The number of nitrogens with one attached hydrogen (secondary N) is 2. The molecule has 1 aliphatic rings. The van der Waals surface area contributed by atoms with E-state index in [9.17, 15) is 14.0 Å². The van der Waals surface area contributed by atoms with Crippen molar-refractivity contribution >= 4 is 23.2 Å². The predicted molar refractivity (Wildman–Crippen MR) is 91.2 cm³/mol. The second kappa shape index (κ2) is 6.43. The molecule has 2 aromatic rings. The number of hydrogen-bond donors (Lipinski definition) is 2. The average molecular weight is 326 g/mol. The Morgan fingerprint density at radius 3 is 2.00 bits per heavy atom. The summed E-state index contributed by atoms with van der Waals surface area (Å²) in [5.41, 5.74) is 3.54. The first-order valence-electron chi connectivity index (χ1n) is 7.88. The number of carbonyl (C=O) groups is 2. The number of rotatable bonds is 4. The van der Waals surface area contributed by atoms with E-state index in [4.69, 9.17) is 0 Å². The number of aryl methyl sites for hydroxylation is 2. The van der Waals surface area contributed by atoms with Crippen LogP contribution in [0.2, 0.25) is 0 Å². The highest BCUT2D eigenvalue weighted by Crippen LogP contribution is 2.40. The van der Waals surface area contributed by atoms with Gasteiger partial charge in [0.2, 0.25) is 11.8 Å². The number of anilines is 2. The highest BCUT2D eigenvalue weighted by molar-refractivity contribution is 6.03. The third-order valence-corrected chi connectivity index (χ3v) is 4.35. The SMILES string of the molecule is Cc1ccc(NC(=O)C2CC2C(=O)Nc2ccc(F)cc2)cc1C. The van der Waals surface area contributed by atoms with Gasteiger partial charge in [-0.15, -0.1) is 0 Å². The normalized spacial score (nSPS) is 18.8. The minimum atomic E-state index is -0.356.